The summed E-state index contributed by atoms with van der Waals surface area (Å²) in [5.41, 5.74) is 6.55. The summed E-state index contributed by atoms with van der Waals surface area (Å²) in [7, 11) is 0. The van der Waals surface area contributed by atoms with E-state index >= 15 is 0 Å². The first-order valence-corrected chi connectivity index (χ1v) is 6.53. The zero-order valence-electron chi connectivity index (χ0n) is 11.6. The number of rotatable bonds is 6. The third-order valence-electron chi connectivity index (χ3n) is 3.59. The number of hydrogen-bond acceptors (Lipinski definition) is 2. The molecule has 3 N–H and O–H groups in total. The summed E-state index contributed by atoms with van der Waals surface area (Å²) in [6.45, 7) is 6.91. The number of carbonyl (C=O) groups excluding carboxylic acids is 1. The van der Waals surface area contributed by atoms with Crippen LogP contribution in [0.4, 0.5) is 0 Å². The van der Waals surface area contributed by atoms with Crippen LogP contribution in [0.15, 0.2) is 30.3 Å². The maximum absolute atomic E-state index is 11.7. The summed E-state index contributed by atoms with van der Waals surface area (Å²) >= 11 is 0. The molecule has 1 amide bonds. The van der Waals surface area contributed by atoms with Gasteiger partial charge in [-0.1, -0.05) is 44.2 Å². The molecule has 0 fully saturated rings. The fourth-order valence-corrected chi connectivity index (χ4v) is 1.87. The van der Waals surface area contributed by atoms with Gasteiger partial charge >= 0.3 is 0 Å². The predicted octanol–water partition coefficient (Wildman–Crippen LogP) is 2.21. The molecule has 1 aromatic carbocycles. The van der Waals surface area contributed by atoms with E-state index in [4.69, 9.17) is 5.73 Å². The lowest BCUT2D eigenvalue weighted by molar-refractivity contribution is -0.122. The maximum atomic E-state index is 11.7. The molecule has 0 saturated carbocycles. The Hall–Kier alpha value is -1.35. The minimum atomic E-state index is -0.0837. The summed E-state index contributed by atoms with van der Waals surface area (Å²) in [4.78, 5) is 11.7. The topological polar surface area (TPSA) is 55.1 Å². The fourth-order valence-electron chi connectivity index (χ4n) is 1.87. The molecule has 0 heterocycles. The monoisotopic (exact) mass is 248 g/mol. The Morgan fingerprint density at radius 3 is 2.50 bits per heavy atom. The van der Waals surface area contributed by atoms with E-state index in [0.717, 1.165) is 6.42 Å². The van der Waals surface area contributed by atoms with Gasteiger partial charge in [0.1, 0.15) is 0 Å². The van der Waals surface area contributed by atoms with Crippen LogP contribution in [0.2, 0.25) is 0 Å². The van der Waals surface area contributed by atoms with Crippen LogP contribution in [0.3, 0.4) is 0 Å². The molecule has 0 bridgehead atoms. The fraction of sp³-hybridized carbons (Fsp3) is 0.533. The van der Waals surface area contributed by atoms with Crippen molar-refractivity contribution < 1.29 is 4.79 Å². The van der Waals surface area contributed by atoms with Gasteiger partial charge in [-0.2, -0.15) is 0 Å². The second-order valence-electron chi connectivity index (χ2n) is 5.27. The zero-order chi connectivity index (χ0) is 13.6. The van der Waals surface area contributed by atoms with Gasteiger partial charge in [-0.3, -0.25) is 4.79 Å². The molecule has 3 nitrogen and oxygen atoms in total. The number of carbonyl (C=O) groups is 1. The second-order valence-corrected chi connectivity index (χ2v) is 5.27. The molecule has 0 aliphatic carbocycles. The van der Waals surface area contributed by atoms with Crippen molar-refractivity contribution >= 4 is 5.91 Å². The van der Waals surface area contributed by atoms with E-state index in [-0.39, 0.29) is 17.4 Å². The van der Waals surface area contributed by atoms with Gasteiger partial charge in [-0.15, -0.1) is 0 Å². The van der Waals surface area contributed by atoms with Gasteiger partial charge < -0.3 is 11.1 Å². The van der Waals surface area contributed by atoms with E-state index in [0.29, 0.717) is 13.0 Å². The minimum Gasteiger partial charge on any atom is -0.353 e. The first-order valence-electron chi connectivity index (χ1n) is 6.53. The van der Waals surface area contributed by atoms with Gasteiger partial charge in [-0.25, -0.2) is 0 Å². The Morgan fingerprint density at radius 2 is 1.94 bits per heavy atom. The van der Waals surface area contributed by atoms with Gasteiger partial charge in [0.15, 0.2) is 0 Å². The second kappa shape index (κ2) is 6.55. The average molecular weight is 248 g/mol. The first-order chi connectivity index (χ1) is 8.48. The molecule has 1 atom stereocenters. The zero-order valence-corrected chi connectivity index (χ0v) is 11.6. The highest BCUT2D eigenvalue weighted by molar-refractivity contribution is 5.76. The Balaban J connectivity index is 2.65. The van der Waals surface area contributed by atoms with Crippen molar-refractivity contribution in [2.24, 2.45) is 5.73 Å². The molecule has 18 heavy (non-hydrogen) atoms. The minimum absolute atomic E-state index is 0.0805. The highest BCUT2D eigenvalue weighted by atomic mass is 16.1. The quantitative estimate of drug-likeness (QED) is 0.811. The number of hydrogen-bond donors (Lipinski definition) is 2. The largest absolute Gasteiger partial charge is 0.353 e. The normalized spacial score (nSPS) is 13.1. The maximum Gasteiger partial charge on any atom is 0.220 e. The highest BCUT2D eigenvalue weighted by Crippen LogP contribution is 2.26. The molecule has 100 valence electrons. The summed E-state index contributed by atoms with van der Waals surface area (Å²) in [6, 6.07) is 10.3. The van der Waals surface area contributed by atoms with E-state index in [1.807, 2.05) is 25.1 Å². The van der Waals surface area contributed by atoms with Crippen molar-refractivity contribution in [2.75, 3.05) is 6.54 Å². The number of nitrogens with two attached hydrogens (primary N) is 1. The van der Waals surface area contributed by atoms with Crippen molar-refractivity contribution in [2.45, 2.75) is 45.1 Å². The molecule has 0 radical (unpaired) electrons. The summed E-state index contributed by atoms with van der Waals surface area (Å²) in [5, 5.41) is 3.06. The molecule has 0 aliphatic heterocycles. The standard InChI is InChI=1S/C15H24N2O/c1-12(17-14(18)10-7-11-16)15(2,3)13-8-5-4-6-9-13/h4-6,8-9,12H,7,10-11,16H2,1-3H3,(H,17,18). The molecule has 1 rings (SSSR count). The predicted molar refractivity (Wildman–Crippen MR) is 75.4 cm³/mol. The summed E-state index contributed by atoms with van der Waals surface area (Å²) in [5.74, 6) is 0.0805. The summed E-state index contributed by atoms with van der Waals surface area (Å²) in [6.07, 6.45) is 1.25. The van der Waals surface area contributed by atoms with Crippen molar-refractivity contribution in [3.05, 3.63) is 35.9 Å². The van der Waals surface area contributed by atoms with Crippen LogP contribution in [-0.2, 0) is 10.2 Å². The SMILES string of the molecule is CC(NC(=O)CCCN)C(C)(C)c1ccccc1. The highest BCUT2D eigenvalue weighted by Gasteiger charge is 2.28. The Labute approximate surface area is 110 Å². The van der Waals surface area contributed by atoms with Crippen molar-refractivity contribution in [1.82, 2.24) is 5.32 Å². The molecule has 0 spiro atoms. The van der Waals surface area contributed by atoms with Crippen LogP contribution in [0, 0.1) is 0 Å². The number of benzene rings is 1. The number of amides is 1. The van der Waals surface area contributed by atoms with Crippen molar-refractivity contribution in [3.8, 4) is 0 Å². The van der Waals surface area contributed by atoms with Crippen LogP contribution in [0.25, 0.3) is 0 Å². The Morgan fingerprint density at radius 1 is 1.33 bits per heavy atom. The van der Waals surface area contributed by atoms with Gasteiger partial charge in [0.05, 0.1) is 0 Å². The summed E-state index contributed by atoms with van der Waals surface area (Å²) < 4.78 is 0. The molecule has 0 saturated heterocycles. The first kappa shape index (κ1) is 14.7. The lowest BCUT2D eigenvalue weighted by atomic mass is 9.78. The van der Waals surface area contributed by atoms with E-state index < -0.39 is 0 Å². The Kier molecular flexibility index (Phi) is 5.35. The molecule has 0 aliphatic rings. The third-order valence-corrected chi connectivity index (χ3v) is 3.59. The lowest BCUT2D eigenvalue weighted by Crippen LogP contribution is -2.45. The molecule has 1 unspecified atom stereocenters. The van der Waals surface area contributed by atoms with Crippen molar-refractivity contribution in [1.29, 1.82) is 0 Å². The van der Waals surface area contributed by atoms with E-state index in [1.54, 1.807) is 0 Å². The van der Waals surface area contributed by atoms with Crippen LogP contribution in [0.1, 0.15) is 39.2 Å². The van der Waals surface area contributed by atoms with Crippen LogP contribution < -0.4 is 11.1 Å². The molecular weight excluding hydrogens is 224 g/mol. The van der Waals surface area contributed by atoms with Crippen LogP contribution in [0.5, 0.6) is 0 Å². The average Bonchev–Trinajstić information content (AvgIpc) is 2.37. The third kappa shape index (κ3) is 3.84. The van der Waals surface area contributed by atoms with Crippen LogP contribution in [-0.4, -0.2) is 18.5 Å². The molecular formula is C15H24N2O. The van der Waals surface area contributed by atoms with E-state index in [9.17, 15) is 4.79 Å². The number of nitrogens with one attached hydrogen (secondary N) is 1. The van der Waals surface area contributed by atoms with E-state index in [1.165, 1.54) is 5.56 Å². The molecule has 0 aromatic heterocycles. The van der Waals surface area contributed by atoms with Gasteiger partial charge in [0.25, 0.3) is 0 Å². The molecule has 3 heteroatoms. The van der Waals surface area contributed by atoms with Crippen LogP contribution >= 0.6 is 0 Å². The van der Waals surface area contributed by atoms with Gasteiger partial charge in [-0.05, 0) is 25.5 Å². The molecule has 1 aromatic rings. The Bertz CT molecular complexity index is 373. The van der Waals surface area contributed by atoms with Gasteiger partial charge in [0.2, 0.25) is 5.91 Å². The van der Waals surface area contributed by atoms with E-state index in [2.05, 4.69) is 31.3 Å². The lowest BCUT2D eigenvalue weighted by Gasteiger charge is -2.33. The smallest absolute Gasteiger partial charge is 0.220 e. The van der Waals surface area contributed by atoms with Crippen molar-refractivity contribution in [3.63, 3.8) is 0 Å². The van der Waals surface area contributed by atoms with Gasteiger partial charge in [0, 0.05) is 17.9 Å².